The number of phenolic OH excluding ortho intramolecular Hbond substituents is 1. The number of rotatable bonds is 4. The topological polar surface area (TPSA) is 152 Å². The van der Waals surface area contributed by atoms with Gasteiger partial charge in [-0.1, -0.05) is 6.07 Å². The van der Waals surface area contributed by atoms with E-state index in [9.17, 15) is 20.1 Å². The van der Waals surface area contributed by atoms with Crippen LogP contribution in [0.25, 0.3) is 0 Å². The lowest BCUT2D eigenvalue weighted by Crippen LogP contribution is -2.63. The van der Waals surface area contributed by atoms with Crippen molar-refractivity contribution >= 4 is 5.97 Å². The van der Waals surface area contributed by atoms with Crippen molar-refractivity contribution in [1.29, 1.82) is 0 Å². The highest BCUT2D eigenvalue weighted by Gasteiger charge is 2.56. The Kier molecular flexibility index (Phi) is 6.53. The summed E-state index contributed by atoms with van der Waals surface area (Å²) in [7, 11) is 1.47. The molecule has 41 heavy (non-hydrogen) atoms. The molecule has 10 atom stereocenters. The van der Waals surface area contributed by atoms with E-state index in [4.69, 9.17) is 37.9 Å². The van der Waals surface area contributed by atoms with Crippen LogP contribution < -0.4 is 14.2 Å². The monoisotopic (exact) mass is 572 g/mol. The molecular formula is C29H32O12. The number of aryl methyl sites for hydroxylation is 1. The minimum atomic E-state index is -1.42. The molecule has 0 amide bonds. The van der Waals surface area contributed by atoms with Crippen LogP contribution >= 0.6 is 0 Å². The lowest BCUT2D eigenvalue weighted by Gasteiger charge is -2.47. The number of esters is 1. The quantitative estimate of drug-likeness (QED) is 0.457. The molecule has 5 aliphatic rings. The van der Waals surface area contributed by atoms with E-state index < -0.39 is 66.8 Å². The third kappa shape index (κ3) is 4.24. The zero-order valence-electron chi connectivity index (χ0n) is 22.7. The maximum absolute atomic E-state index is 13.3. The second-order valence-corrected chi connectivity index (χ2v) is 11.1. The first-order valence-corrected chi connectivity index (χ1v) is 13.7. The minimum absolute atomic E-state index is 0.0232. The standard InChI is InChI=1S/C29H32O12/c1-11-4-13(5-19(34-3)23(11)30)21-14-6-17-18(38-10-37-17)7-15(14)26(16-8-36-28(33)22(16)21)41-29-25(32)24(31)27-20(40-29)9-35-12(2)39-27/h4-7,12,16,20-22,24-27,29-32H,8-10H2,1-3H3/t12-,16+,20-,21-,22+,24-,25-,26-,27-,29+/m1/s1. The molecular weight excluding hydrogens is 540 g/mol. The number of carbonyl (C=O) groups is 1. The lowest BCUT2D eigenvalue weighted by atomic mass is 9.66. The number of hydrogen-bond donors (Lipinski definition) is 3. The largest absolute Gasteiger partial charge is 0.504 e. The molecule has 4 aliphatic heterocycles. The number of aliphatic hydroxyl groups excluding tert-OH is 2. The molecule has 12 nitrogen and oxygen atoms in total. The van der Waals surface area contributed by atoms with Crippen LogP contribution in [0.3, 0.4) is 0 Å². The second kappa shape index (κ2) is 10.0. The third-order valence-corrected chi connectivity index (χ3v) is 8.75. The zero-order valence-corrected chi connectivity index (χ0v) is 22.7. The van der Waals surface area contributed by atoms with Gasteiger partial charge in [-0.05, 0) is 54.3 Å². The van der Waals surface area contributed by atoms with Gasteiger partial charge in [-0.2, -0.15) is 0 Å². The first kappa shape index (κ1) is 26.7. The second-order valence-electron chi connectivity index (χ2n) is 11.1. The fraction of sp³-hybridized carbons (Fsp3) is 0.552. The predicted octanol–water partition coefficient (Wildman–Crippen LogP) is 1.64. The maximum atomic E-state index is 13.3. The molecule has 3 fully saturated rings. The van der Waals surface area contributed by atoms with Gasteiger partial charge < -0.3 is 53.2 Å². The molecule has 4 heterocycles. The van der Waals surface area contributed by atoms with Crippen LogP contribution in [0.15, 0.2) is 24.3 Å². The molecule has 0 spiro atoms. The number of methoxy groups -OCH3 is 1. The fourth-order valence-corrected chi connectivity index (χ4v) is 6.75. The van der Waals surface area contributed by atoms with Crippen molar-refractivity contribution in [2.24, 2.45) is 11.8 Å². The van der Waals surface area contributed by atoms with Crippen molar-refractivity contribution in [3.8, 4) is 23.0 Å². The van der Waals surface area contributed by atoms with Crippen molar-refractivity contribution in [1.82, 2.24) is 0 Å². The molecule has 12 heteroatoms. The Balaban J connectivity index is 1.31. The van der Waals surface area contributed by atoms with Gasteiger partial charge in [0.1, 0.15) is 24.4 Å². The number of aromatic hydroxyl groups is 1. The van der Waals surface area contributed by atoms with Gasteiger partial charge in [0.15, 0.2) is 35.6 Å². The number of aliphatic hydroxyl groups is 2. The summed E-state index contributed by atoms with van der Waals surface area (Å²) in [6, 6.07) is 7.21. The van der Waals surface area contributed by atoms with Crippen molar-refractivity contribution < 1.29 is 58.0 Å². The van der Waals surface area contributed by atoms with E-state index in [0.717, 1.165) is 11.1 Å². The highest BCUT2D eigenvalue weighted by Crippen LogP contribution is 2.56. The molecule has 0 unspecified atom stereocenters. The Bertz CT molecular complexity index is 1360. The van der Waals surface area contributed by atoms with Gasteiger partial charge in [-0.15, -0.1) is 0 Å². The highest BCUT2D eigenvalue weighted by molar-refractivity contribution is 5.79. The number of fused-ring (bicyclic) bond motifs is 4. The minimum Gasteiger partial charge on any atom is -0.504 e. The first-order valence-electron chi connectivity index (χ1n) is 13.7. The summed E-state index contributed by atoms with van der Waals surface area (Å²) in [5.74, 6) is -0.652. The molecule has 0 bridgehead atoms. The number of cyclic esters (lactones) is 1. The molecule has 7 rings (SSSR count). The smallest absolute Gasteiger partial charge is 0.310 e. The summed E-state index contributed by atoms with van der Waals surface area (Å²) in [5, 5.41) is 32.4. The Hall–Kier alpha value is -3.13. The van der Waals surface area contributed by atoms with Crippen LogP contribution in [0.2, 0.25) is 0 Å². The van der Waals surface area contributed by atoms with E-state index in [1.807, 2.05) is 18.2 Å². The van der Waals surface area contributed by atoms with E-state index in [-0.39, 0.29) is 31.5 Å². The summed E-state index contributed by atoms with van der Waals surface area (Å²) >= 11 is 0. The van der Waals surface area contributed by atoms with Crippen LogP contribution in [0.4, 0.5) is 0 Å². The average Bonchev–Trinajstić information content (AvgIpc) is 3.58. The van der Waals surface area contributed by atoms with Gasteiger partial charge in [0, 0.05) is 11.8 Å². The molecule has 220 valence electrons. The molecule has 3 N–H and O–H groups in total. The maximum Gasteiger partial charge on any atom is 0.310 e. The van der Waals surface area contributed by atoms with Gasteiger partial charge in [0.05, 0.1) is 32.3 Å². The third-order valence-electron chi connectivity index (χ3n) is 8.75. The molecule has 1 aliphatic carbocycles. The predicted molar refractivity (Wildman–Crippen MR) is 137 cm³/mol. The van der Waals surface area contributed by atoms with Crippen LogP contribution in [0.5, 0.6) is 23.0 Å². The van der Waals surface area contributed by atoms with Crippen LogP contribution in [-0.2, 0) is 28.5 Å². The summed E-state index contributed by atoms with van der Waals surface area (Å²) in [5.41, 5.74) is 2.80. The summed E-state index contributed by atoms with van der Waals surface area (Å²) in [6.45, 7) is 3.76. The Morgan fingerprint density at radius 2 is 1.71 bits per heavy atom. The fourth-order valence-electron chi connectivity index (χ4n) is 6.75. The highest BCUT2D eigenvalue weighted by atomic mass is 16.8. The number of ether oxygens (including phenoxy) is 8. The van der Waals surface area contributed by atoms with Crippen molar-refractivity contribution in [3.63, 3.8) is 0 Å². The molecule has 2 aromatic rings. The van der Waals surface area contributed by atoms with Crippen LogP contribution in [0.1, 0.15) is 41.2 Å². The SMILES string of the molecule is COc1cc([C@@H]2c3cc4c(cc3[C@@H](O[C@@H]3O[C@@H]5CO[C@@H](C)O[C@H]5[C@H](O)[C@H]3O)[C@H]3COC(=O)[C@H]23)OCO4)cc(C)c1O. The Morgan fingerprint density at radius 1 is 0.951 bits per heavy atom. The number of hydrogen-bond acceptors (Lipinski definition) is 12. The normalized spacial score (nSPS) is 37.1. The molecule has 0 saturated carbocycles. The van der Waals surface area contributed by atoms with E-state index in [2.05, 4.69) is 0 Å². The van der Waals surface area contributed by atoms with Gasteiger partial charge in [-0.25, -0.2) is 0 Å². The number of benzene rings is 2. The van der Waals surface area contributed by atoms with Gasteiger partial charge in [0.2, 0.25) is 6.79 Å². The van der Waals surface area contributed by atoms with Gasteiger partial charge in [0.25, 0.3) is 0 Å². The average molecular weight is 573 g/mol. The van der Waals surface area contributed by atoms with Crippen molar-refractivity contribution in [2.75, 3.05) is 27.1 Å². The zero-order chi connectivity index (χ0) is 28.6. The molecule has 3 saturated heterocycles. The summed E-state index contributed by atoms with van der Waals surface area (Å²) < 4.78 is 46.2. The lowest BCUT2D eigenvalue weighted by molar-refractivity contribution is -0.364. The van der Waals surface area contributed by atoms with E-state index in [0.29, 0.717) is 22.6 Å². The van der Waals surface area contributed by atoms with Crippen LogP contribution in [-0.4, -0.2) is 85.4 Å². The number of phenols is 1. The summed E-state index contributed by atoms with van der Waals surface area (Å²) in [6.07, 6.45) is -6.68. The van der Waals surface area contributed by atoms with E-state index in [1.165, 1.54) is 7.11 Å². The Labute approximate surface area is 235 Å². The van der Waals surface area contributed by atoms with Gasteiger partial charge >= 0.3 is 5.97 Å². The van der Waals surface area contributed by atoms with E-state index in [1.54, 1.807) is 19.9 Å². The molecule has 2 aromatic carbocycles. The first-order chi connectivity index (χ1) is 19.7. The Morgan fingerprint density at radius 3 is 2.46 bits per heavy atom. The molecule has 0 aromatic heterocycles. The van der Waals surface area contributed by atoms with Crippen LogP contribution in [0, 0.1) is 18.8 Å². The van der Waals surface area contributed by atoms with Gasteiger partial charge in [-0.3, -0.25) is 4.79 Å². The molecule has 0 radical (unpaired) electrons. The van der Waals surface area contributed by atoms with Crippen molar-refractivity contribution in [2.45, 2.75) is 62.9 Å². The number of carbonyl (C=O) groups excluding carboxylic acids is 1. The van der Waals surface area contributed by atoms with Crippen molar-refractivity contribution in [3.05, 3.63) is 46.5 Å². The van der Waals surface area contributed by atoms with E-state index >= 15 is 0 Å². The summed E-state index contributed by atoms with van der Waals surface area (Å²) in [4.78, 5) is 13.3.